The summed E-state index contributed by atoms with van der Waals surface area (Å²) in [7, 11) is 0. The quantitative estimate of drug-likeness (QED) is 0.880. The average molecular weight is 250 g/mol. The topological polar surface area (TPSA) is 45.6 Å². The van der Waals surface area contributed by atoms with Crippen LogP contribution in [0.25, 0.3) is 0 Å². The van der Waals surface area contributed by atoms with E-state index in [-0.39, 0.29) is 6.10 Å². The monoisotopic (exact) mass is 250 g/mol. The third kappa shape index (κ3) is 3.28. The van der Waals surface area contributed by atoms with Gasteiger partial charge in [0.05, 0.1) is 6.61 Å². The number of aryl methyl sites for hydroxylation is 1. The minimum absolute atomic E-state index is 0.145. The predicted octanol–water partition coefficient (Wildman–Crippen LogP) is 1.53. The lowest BCUT2D eigenvalue weighted by molar-refractivity contribution is -0.0899. The van der Waals surface area contributed by atoms with Crippen molar-refractivity contribution in [3.63, 3.8) is 0 Å². The van der Waals surface area contributed by atoms with Crippen LogP contribution in [0.1, 0.15) is 30.6 Å². The molecule has 4 heteroatoms. The highest BCUT2D eigenvalue weighted by Crippen LogP contribution is 2.22. The van der Waals surface area contributed by atoms with Crippen molar-refractivity contribution in [1.29, 1.82) is 0 Å². The highest BCUT2D eigenvalue weighted by molar-refractivity contribution is 5.20. The Kier molecular flexibility index (Phi) is 4.69. The number of morpholine rings is 1. The maximum Gasteiger partial charge on any atom is 0.108 e. The van der Waals surface area contributed by atoms with Crippen LogP contribution in [-0.2, 0) is 4.74 Å². The van der Waals surface area contributed by atoms with Crippen LogP contribution in [0, 0.1) is 6.92 Å². The van der Waals surface area contributed by atoms with Gasteiger partial charge in [-0.25, -0.2) is 0 Å². The first kappa shape index (κ1) is 13.5. The van der Waals surface area contributed by atoms with Gasteiger partial charge >= 0.3 is 0 Å². The summed E-state index contributed by atoms with van der Waals surface area (Å²) in [6.07, 6.45) is 3.92. The number of hydrogen-bond acceptors (Lipinski definition) is 4. The van der Waals surface area contributed by atoms with E-state index in [1.54, 1.807) is 12.4 Å². The molecule has 2 rings (SSSR count). The number of aromatic nitrogens is 1. The first-order valence-electron chi connectivity index (χ1n) is 6.64. The van der Waals surface area contributed by atoms with Gasteiger partial charge in [-0.15, -0.1) is 0 Å². The second-order valence-corrected chi connectivity index (χ2v) is 4.95. The average Bonchev–Trinajstić information content (AvgIpc) is 2.39. The van der Waals surface area contributed by atoms with Crippen molar-refractivity contribution in [2.75, 3.05) is 26.2 Å². The van der Waals surface area contributed by atoms with Gasteiger partial charge in [-0.3, -0.25) is 9.88 Å². The van der Waals surface area contributed by atoms with E-state index in [1.807, 2.05) is 13.0 Å². The Labute approximate surface area is 109 Å². The van der Waals surface area contributed by atoms with E-state index in [4.69, 9.17) is 4.74 Å². The number of aliphatic hydroxyl groups is 1. The molecule has 2 heterocycles. The summed E-state index contributed by atoms with van der Waals surface area (Å²) in [5.41, 5.74) is 1.91. The van der Waals surface area contributed by atoms with Crippen LogP contribution in [0.15, 0.2) is 18.5 Å². The molecule has 1 fully saturated rings. The lowest BCUT2D eigenvalue weighted by Gasteiger charge is -2.35. The highest BCUT2D eigenvalue weighted by atomic mass is 16.5. The van der Waals surface area contributed by atoms with E-state index in [0.717, 1.165) is 37.2 Å². The summed E-state index contributed by atoms with van der Waals surface area (Å²) in [6, 6.07) is 1.97. The zero-order valence-electron chi connectivity index (χ0n) is 11.2. The number of rotatable bonds is 4. The number of pyridine rings is 1. The fourth-order valence-electron chi connectivity index (χ4n) is 2.40. The minimum Gasteiger partial charge on any atom is -0.386 e. The number of ether oxygens (including phenoxy) is 1. The van der Waals surface area contributed by atoms with Gasteiger partial charge in [-0.05, 0) is 25.5 Å². The Bertz CT molecular complexity index is 382. The number of aliphatic hydroxyl groups excluding tert-OH is 1. The van der Waals surface area contributed by atoms with Gasteiger partial charge < -0.3 is 9.84 Å². The molecule has 0 amide bonds. The summed E-state index contributed by atoms with van der Waals surface area (Å²) in [4.78, 5) is 6.47. The Morgan fingerprint density at radius 2 is 2.39 bits per heavy atom. The van der Waals surface area contributed by atoms with Crippen LogP contribution in [0.2, 0.25) is 0 Å². The van der Waals surface area contributed by atoms with E-state index in [9.17, 15) is 5.11 Å². The molecule has 0 saturated carbocycles. The van der Waals surface area contributed by atoms with Gasteiger partial charge in [0.2, 0.25) is 0 Å². The van der Waals surface area contributed by atoms with Gasteiger partial charge in [-0.1, -0.05) is 13.0 Å². The molecule has 2 atom stereocenters. The van der Waals surface area contributed by atoms with Crippen LogP contribution in [0.3, 0.4) is 0 Å². The van der Waals surface area contributed by atoms with Crippen LogP contribution in [-0.4, -0.2) is 47.3 Å². The Morgan fingerprint density at radius 3 is 3.11 bits per heavy atom. The lowest BCUT2D eigenvalue weighted by Crippen LogP contribution is -2.45. The Balaban J connectivity index is 2.02. The molecular weight excluding hydrogens is 228 g/mol. The molecule has 0 radical (unpaired) electrons. The largest absolute Gasteiger partial charge is 0.386 e. The smallest absolute Gasteiger partial charge is 0.108 e. The molecule has 1 aromatic rings. The molecule has 0 aliphatic carbocycles. The molecule has 1 aromatic heterocycles. The van der Waals surface area contributed by atoms with Gasteiger partial charge in [0, 0.05) is 31.0 Å². The third-order valence-corrected chi connectivity index (χ3v) is 3.31. The molecular formula is C14H22N2O2. The van der Waals surface area contributed by atoms with E-state index >= 15 is 0 Å². The van der Waals surface area contributed by atoms with Gasteiger partial charge in [-0.2, -0.15) is 0 Å². The molecule has 100 valence electrons. The van der Waals surface area contributed by atoms with E-state index in [2.05, 4.69) is 16.8 Å². The van der Waals surface area contributed by atoms with Crippen molar-refractivity contribution >= 4 is 0 Å². The lowest BCUT2D eigenvalue weighted by atomic mass is 10.0. The molecule has 2 unspecified atom stereocenters. The number of hydrogen-bond donors (Lipinski definition) is 1. The first-order chi connectivity index (χ1) is 8.70. The summed E-state index contributed by atoms with van der Waals surface area (Å²) < 4.78 is 5.69. The van der Waals surface area contributed by atoms with E-state index < -0.39 is 6.10 Å². The van der Waals surface area contributed by atoms with Gasteiger partial charge in [0.15, 0.2) is 0 Å². The first-order valence-corrected chi connectivity index (χ1v) is 6.64. The van der Waals surface area contributed by atoms with Gasteiger partial charge in [0.25, 0.3) is 0 Å². The van der Waals surface area contributed by atoms with Gasteiger partial charge in [0.1, 0.15) is 12.2 Å². The molecule has 1 aliphatic heterocycles. The Hall–Kier alpha value is -0.970. The minimum atomic E-state index is -0.586. The number of nitrogens with zero attached hydrogens (tertiary/aromatic N) is 2. The van der Waals surface area contributed by atoms with Crippen LogP contribution in [0.4, 0.5) is 0 Å². The predicted molar refractivity (Wildman–Crippen MR) is 70.4 cm³/mol. The maximum atomic E-state index is 10.4. The zero-order valence-corrected chi connectivity index (χ0v) is 11.2. The fraction of sp³-hybridized carbons (Fsp3) is 0.643. The van der Waals surface area contributed by atoms with Crippen LogP contribution < -0.4 is 0 Å². The van der Waals surface area contributed by atoms with Crippen LogP contribution >= 0.6 is 0 Å². The molecule has 1 aliphatic rings. The van der Waals surface area contributed by atoms with E-state index in [0.29, 0.717) is 6.61 Å². The third-order valence-electron chi connectivity index (χ3n) is 3.31. The van der Waals surface area contributed by atoms with Crippen molar-refractivity contribution in [3.05, 3.63) is 29.6 Å². The Morgan fingerprint density at radius 1 is 1.56 bits per heavy atom. The van der Waals surface area contributed by atoms with Crippen molar-refractivity contribution < 1.29 is 9.84 Å². The molecule has 4 nitrogen and oxygen atoms in total. The second kappa shape index (κ2) is 6.27. The molecule has 0 aromatic carbocycles. The zero-order chi connectivity index (χ0) is 13.0. The maximum absolute atomic E-state index is 10.4. The summed E-state index contributed by atoms with van der Waals surface area (Å²) >= 11 is 0. The van der Waals surface area contributed by atoms with E-state index in [1.165, 1.54) is 0 Å². The summed E-state index contributed by atoms with van der Waals surface area (Å²) in [5, 5.41) is 10.4. The molecule has 18 heavy (non-hydrogen) atoms. The van der Waals surface area contributed by atoms with Crippen LogP contribution in [0.5, 0.6) is 0 Å². The fourth-order valence-corrected chi connectivity index (χ4v) is 2.40. The summed E-state index contributed by atoms with van der Waals surface area (Å²) in [6.45, 7) is 7.67. The standard InChI is InChI=1S/C14H22N2O2/c1-3-4-16-5-6-18-13(10-16)14(17)12-7-11(2)8-15-9-12/h7-9,13-14,17H,3-6,10H2,1-2H3. The molecule has 0 bridgehead atoms. The summed E-state index contributed by atoms with van der Waals surface area (Å²) in [5.74, 6) is 0. The SMILES string of the molecule is CCCN1CCOC(C(O)c2cncc(C)c2)C1. The molecule has 0 spiro atoms. The second-order valence-electron chi connectivity index (χ2n) is 4.95. The van der Waals surface area contributed by atoms with Crippen molar-refractivity contribution in [2.45, 2.75) is 32.5 Å². The molecule has 1 N–H and O–H groups in total. The van der Waals surface area contributed by atoms with Crippen molar-refractivity contribution in [3.8, 4) is 0 Å². The normalized spacial score (nSPS) is 22.9. The van der Waals surface area contributed by atoms with Crippen molar-refractivity contribution in [2.24, 2.45) is 0 Å². The molecule has 1 saturated heterocycles. The highest BCUT2D eigenvalue weighted by Gasteiger charge is 2.27. The van der Waals surface area contributed by atoms with Crippen molar-refractivity contribution in [1.82, 2.24) is 9.88 Å².